The standard InChI is InChI=1S/C19H22N2OS/c20-15-7-5-14(6-8-15)13-19(22)21-16-9-11-18(12-10-16)23-17-3-1-2-4-17/h5-12,17H,1-4,13,20H2,(H,21,22). The molecule has 1 aliphatic rings. The van der Waals surface area contributed by atoms with Crippen LogP contribution < -0.4 is 11.1 Å². The lowest BCUT2D eigenvalue weighted by atomic mass is 10.1. The second-order valence-corrected chi connectivity index (χ2v) is 7.39. The molecule has 3 nitrogen and oxygen atoms in total. The van der Waals surface area contributed by atoms with Crippen LogP contribution >= 0.6 is 11.8 Å². The molecule has 4 heteroatoms. The zero-order valence-electron chi connectivity index (χ0n) is 13.1. The van der Waals surface area contributed by atoms with Crippen LogP contribution in [0.2, 0.25) is 0 Å². The van der Waals surface area contributed by atoms with Crippen molar-refractivity contribution in [3.63, 3.8) is 0 Å². The molecular formula is C19H22N2OS. The summed E-state index contributed by atoms with van der Waals surface area (Å²) < 4.78 is 0. The zero-order chi connectivity index (χ0) is 16.1. The van der Waals surface area contributed by atoms with Gasteiger partial charge < -0.3 is 11.1 Å². The van der Waals surface area contributed by atoms with Crippen LogP contribution in [0.25, 0.3) is 0 Å². The normalized spacial score (nSPS) is 14.8. The fourth-order valence-electron chi connectivity index (χ4n) is 2.84. The third-order valence-electron chi connectivity index (χ3n) is 4.09. The Bertz CT molecular complexity index is 646. The summed E-state index contributed by atoms with van der Waals surface area (Å²) in [6, 6.07) is 15.6. The molecule has 120 valence electrons. The lowest BCUT2D eigenvalue weighted by Gasteiger charge is -2.10. The van der Waals surface area contributed by atoms with Crippen molar-refractivity contribution in [2.75, 3.05) is 11.1 Å². The van der Waals surface area contributed by atoms with Crippen LogP contribution in [0.3, 0.4) is 0 Å². The first-order valence-corrected chi connectivity index (χ1v) is 8.98. The molecule has 1 aliphatic carbocycles. The summed E-state index contributed by atoms with van der Waals surface area (Å²) in [5, 5.41) is 3.71. The molecule has 0 saturated heterocycles. The Balaban J connectivity index is 1.52. The maximum Gasteiger partial charge on any atom is 0.228 e. The Kier molecular flexibility index (Phi) is 5.23. The van der Waals surface area contributed by atoms with Gasteiger partial charge in [-0.15, -0.1) is 11.8 Å². The van der Waals surface area contributed by atoms with Crippen molar-refractivity contribution in [1.82, 2.24) is 0 Å². The zero-order valence-corrected chi connectivity index (χ0v) is 13.9. The molecule has 1 saturated carbocycles. The van der Waals surface area contributed by atoms with E-state index in [-0.39, 0.29) is 5.91 Å². The molecule has 3 rings (SSSR count). The second kappa shape index (κ2) is 7.55. The highest BCUT2D eigenvalue weighted by Crippen LogP contribution is 2.34. The van der Waals surface area contributed by atoms with Crippen LogP contribution in [0.15, 0.2) is 53.4 Å². The molecule has 0 bridgehead atoms. The minimum atomic E-state index is -0.00836. The van der Waals surface area contributed by atoms with Gasteiger partial charge in [-0.05, 0) is 54.8 Å². The summed E-state index contributed by atoms with van der Waals surface area (Å²) in [7, 11) is 0. The van der Waals surface area contributed by atoms with Gasteiger partial charge in [0, 0.05) is 21.5 Å². The number of hydrogen-bond acceptors (Lipinski definition) is 3. The van der Waals surface area contributed by atoms with Crippen LogP contribution in [-0.2, 0) is 11.2 Å². The lowest BCUT2D eigenvalue weighted by molar-refractivity contribution is -0.115. The summed E-state index contributed by atoms with van der Waals surface area (Å²) >= 11 is 1.96. The Morgan fingerprint density at radius 3 is 2.35 bits per heavy atom. The van der Waals surface area contributed by atoms with E-state index in [1.54, 1.807) is 0 Å². The Labute approximate surface area is 141 Å². The first-order valence-electron chi connectivity index (χ1n) is 8.10. The molecule has 0 radical (unpaired) electrons. The number of carbonyl (C=O) groups is 1. The van der Waals surface area contributed by atoms with Crippen molar-refractivity contribution in [3.8, 4) is 0 Å². The van der Waals surface area contributed by atoms with Gasteiger partial charge in [0.1, 0.15) is 0 Å². The quantitative estimate of drug-likeness (QED) is 0.796. The average molecular weight is 326 g/mol. The minimum absolute atomic E-state index is 0.00836. The van der Waals surface area contributed by atoms with Gasteiger partial charge in [-0.2, -0.15) is 0 Å². The maximum atomic E-state index is 12.1. The summed E-state index contributed by atoms with van der Waals surface area (Å²) in [4.78, 5) is 13.4. The number of benzene rings is 2. The summed E-state index contributed by atoms with van der Waals surface area (Å²) in [5.74, 6) is -0.00836. The molecule has 1 amide bonds. The van der Waals surface area contributed by atoms with E-state index in [1.807, 2.05) is 48.2 Å². The molecule has 1 fully saturated rings. The molecule has 2 aromatic carbocycles. The SMILES string of the molecule is Nc1ccc(CC(=O)Nc2ccc(SC3CCCC3)cc2)cc1. The molecule has 2 aromatic rings. The van der Waals surface area contributed by atoms with Crippen LogP contribution in [0.5, 0.6) is 0 Å². The van der Waals surface area contributed by atoms with E-state index >= 15 is 0 Å². The number of amides is 1. The molecule has 0 heterocycles. The Morgan fingerprint density at radius 2 is 1.70 bits per heavy atom. The molecular weight excluding hydrogens is 304 g/mol. The van der Waals surface area contributed by atoms with Gasteiger partial charge in [-0.3, -0.25) is 4.79 Å². The third-order valence-corrected chi connectivity index (χ3v) is 5.44. The maximum absolute atomic E-state index is 12.1. The van der Waals surface area contributed by atoms with Gasteiger partial charge in [0.2, 0.25) is 5.91 Å². The van der Waals surface area contributed by atoms with E-state index in [0.717, 1.165) is 16.5 Å². The highest BCUT2D eigenvalue weighted by molar-refractivity contribution is 8.00. The predicted molar refractivity (Wildman–Crippen MR) is 97.7 cm³/mol. The van der Waals surface area contributed by atoms with Gasteiger partial charge in [-0.25, -0.2) is 0 Å². The summed E-state index contributed by atoms with van der Waals surface area (Å²) in [5.41, 5.74) is 8.17. The largest absolute Gasteiger partial charge is 0.399 e. The second-order valence-electron chi connectivity index (χ2n) is 6.02. The number of hydrogen-bond donors (Lipinski definition) is 2. The van der Waals surface area contributed by atoms with Gasteiger partial charge in [0.15, 0.2) is 0 Å². The van der Waals surface area contributed by atoms with Crippen molar-refractivity contribution in [3.05, 3.63) is 54.1 Å². The van der Waals surface area contributed by atoms with Crippen LogP contribution in [-0.4, -0.2) is 11.2 Å². The molecule has 23 heavy (non-hydrogen) atoms. The van der Waals surface area contributed by atoms with E-state index in [9.17, 15) is 4.79 Å². The molecule has 0 aliphatic heterocycles. The summed E-state index contributed by atoms with van der Waals surface area (Å²) in [6.45, 7) is 0. The topological polar surface area (TPSA) is 55.1 Å². The minimum Gasteiger partial charge on any atom is -0.399 e. The number of nitrogen functional groups attached to an aromatic ring is 1. The van der Waals surface area contributed by atoms with Crippen LogP contribution in [0.4, 0.5) is 11.4 Å². The van der Waals surface area contributed by atoms with Gasteiger partial charge in [0.05, 0.1) is 6.42 Å². The molecule has 0 unspecified atom stereocenters. The number of rotatable bonds is 5. The fraction of sp³-hybridized carbons (Fsp3) is 0.316. The van der Waals surface area contributed by atoms with E-state index in [0.29, 0.717) is 12.1 Å². The van der Waals surface area contributed by atoms with Crippen molar-refractivity contribution in [1.29, 1.82) is 0 Å². The smallest absolute Gasteiger partial charge is 0.228 e. The number of carbonyl (C=O) groups excluding carboxylic acids is 1. The Morgan fingerprint density at radius 1 is 1.04 bits per heavy atom. The van der Waals surface area contributed by atoms with E-state index in [2.05, 4.69) is 17.4 Å². The first-order chi connectivity index (χ1) is 11.2. The average Bonchev–Trinajstić information content (AvgIpc) is 3.04. The molecule has 0 atom stereocenters. The van der Waals surface area contributed by atoms with E-state index in [4.69, 9.17) is 5.73 Å². The highest BCUT2D eigenvalue weighted by atomic mass is 32.2. The van der Waals surface area contributed by atoms with Crippen molar-refractivity contribution in [2.45, 2.75) is 42.2 Å². The predicted octanol–water partition coefficient (Wildman–Crippen LogP) is 4.48. The lowest BCUT2D eigenvalue weighted by Crippen LogP contribution is -2.14. The van der Waals surface area contributed by atoms with Crippen LogP contribution in [0, 0.1) is 0 Å². The highest BCUT2D eigenvalue weighted by Gasteiger charge is 2.15. The van der Waals surface area contributed by atoms with E-state index < -0.39 is 0 Å². The Hall–Kier alpha value is -1.94. The number of nitrogens with one attached hydrogen (secondary N) is 1. The van der Waals surface area contributed by atoms with Crippen LogP contribution in [0.1, 0.15) is 31.2 Å². The van der Waals surface area contributed by atoms with E-state index in [1.165, 1.54) is 30.6 Å². The number of nitrogens with two attached hydrogens (primary N) is 1. The van der Waals surface area contributed by atoms with Crippen molar-refractivity contribution in [2.24, 2.45) is 0 Å². The first kappa shape index (κ1) is 15.9. The monoisotopic (exact) mass is 326 g/mol. The number of anilines is 2. The molecule has 0 spiro atoms. The molecule has 3 N–H and O–H groups in total. The molecule has 0 aromatic heterocycles. The van der Waals surface area contributed by atoms with Gasteiger partial charge >= 0.3 is 0 Å². The van der Waals surface area contributed by atoms with Gasteiger partial charge in [0.25, 0.3) is 0 Å². The van der Waals surface area contributed by atoms with Crippen molar-refractivity contribution < 1.29 is 4.79 Å². The number of thioether (sulfide) groups is 1. The summed E-state index contributed by atoms with van der Waals surface area (Å²) in [6.07, 6.45) is 5.72. The fourth-order valence-corrected chi connectivity index (χ4v) is 4.09. The third kappa shape index (κ3) is 4.76. The van der Waals surface area contributed by atoms with Gasteiger partial charge in [-0.1, -0.05) is 25.0 Å². The van der Waals surface area contributed by atoms with Crippen molar-refractivity contribution >= 4 is 29.0 Å².